The molecule has 3 heterocycles. The van der Waals surface area contributed by atoms with Crippen molar-refractivity contribution in [3.05, 3.63) is 53.2 Å². The number of hydrogen-bond acceptors (Lipinski definition) is 4. The first kappa shape index (κ1) is 13.8. The Labute approximate surface area is 128 Å². The third-order valence-electron chi connectivity index (χ3n) is 3.52. The van der Waals surface area contributed by atoms with Crippen LogP contribution in [-0.4, -0.2) is 14.5 Å². The molecule has 0 aliphatic heterocycles. The molecule has 21 heavy (non-hydrogen) atoms. The van der Waals surface area contributed by atoms with Gasteiger partial charge in [0.1, 0.15) is 5.82 Å². The molecule has 108 valence electrons. The maximum atomic E-state index is 5.67. The van der Waals surface area contributed by atoms with Crippen LogP contribution in [0.2, 0.25) is 0 Å². The Morgan fingerprint density at radius 3 is 2.86 bits per heavy atom. The first-order valence-electron chi connectivity index (χ1n) is 7.06. The monoisotopic (exact) mass is 298 g/mol. The first-order valence-corrected chi connectivity index (χ1v) is 7.94. The quantitative estimate of drug-likeness (QED) is 0.775. The van der Waals surface area contributed by atoms with Gasteiger partial charge in [-0.05, 0) is 30.0 Å². The molecule has 0 aliphatic carbocycles. The number of aromatic nitrogens is 3. The highest BCUT2D eigenvalue weighted by Crippen LogP contribution is 2.31. The van der Waals surface area contributed by atoms with Crippen LogP contribution in [0, 0.1) is 0 Å². The van der Waals surface area contributed by atoms with Crippen molar-refractivity contribution in [1.82, 2.24) is 14.5 Å². The number of imidazole rings is 1. The Balaban J connectivity index is 2.02. The molecule has 0 amide bonds. The minimum Gasteiger partial charge on any atom is -0.384 e. The van der Waals surface area contributed by atoms with Crippen molar-refractivity contribution in [2.45, 2.75) is 25.8 Å². The lowest BCUT2D eigenvalue weighted by Gasteiger charge is -2.19. The molecule has 1 atom stereocenters. The zero-order chi connectivity index (χ0) is 14.7. The van der Waals surface area contributed by atoms with E-state index in [-0.39, 0.29) is 0 Å². The zero-order valence-electron chi connectivity index (χ0n) is 11.9. The highest BCUT2D eigenvalue weighted by atomic mass is 32.1. The molecule has 0 fully saturated rings. The third kappa shape index (κ3) is 2.83. The maximum Gasteiger partial charge on any atom is 0.123 e. The molecule has 0 bridgehead atoms. The van der Waals surface area contributed by atoms with Crippen LogP contribution in [0.1, 0.15) is 30.7 Å². The lowest BCUT2D eigenvalue weighted by atomic mass is 10.1. The summed E-state index contributed by atoms with van der Waals surface area (Å²) >= 11 is 1.79. The summed E-state index contributed by atoms with van der Waals surface area (Å²) < 4.78 is 2.24. The van der Waals surface area contributed by atoms with Crippen LogP contribution < -0.4 is 5.73 Å². The fraction of sp³-hybridized carbons (Fsp3) is 0.250. The van der Waals surface area contributed by atoms with E-state index in [1.807, 2.05) is 24.7 Å². The van der Waals surface area contributed by atoms with Gasteiger partial charge < -0.3 is 10.3 Å². The summed E-state index contributed by atoms with van der Waals surface area (Å²) in [6.45, 7) is 2.21. The molecule has 3 rings (SSSR count). The van der Waals surface area contributed by atoms with E-state index < -0.39 is 0 Å². The van der Waals surface area contributed by atoms with Crippen LogP contribution in [-0.2, 0) is 0 Å². The average molecular weight is 298 g/mol. The van der Waals surface area contributed by atoms with E-state index in [0.29, 0.717) is 11.9 Å². The van der Waals surface area contributed by atoms with Crippen LogP contribution in [0.4, 0.5) is 5.82 Å². The van der Waals surface area contributed by atoms with E-state index in [1.165, 1.54) is 4.88 Å². The molecule has 0 aliphatic rings. The summed E-state index contributed by atoms with van der Waals surface area (Å²) in [5, 5.41) is 2.12. The summed E-state index contributed by atoms with van der Waals surface area (Å²) in [5.41, 5.74) is 7.79. The van der Waals surface area contributed by atoms with Gasteiger partial charge in [-0.1, -0.05) is 19.4 Å². The van der Waals surface area contributed by atoms with Crippen LogP contribution >= 0.6 is 11.3 Å². The Morgan fingerprint density at radius 2 is 2.19 bits per heavy atom. The summed E-state index contributed by atoms with van der Waals surface area (Å²) in [6.07, 6.45) is 7.82. The SMILES string of the molecule is CCCC(c1cccs1)n1cncc1-c1ccc(N)nc1. The molecular formula is C16H18N4S. The number of nitrogens with zero attached hydrogens (tertiary/aromatic N) is 3. The minimum atomic E-state index is 0.324. The molecule has 3 aromatic heterocycles. The van der Waals surface area contributed by atoms with Crippen LogP contribution in [0.5, 0.6) is 0 Å². The van der Waals surface area contributed by atoms with Crippen molar-refractivity contribution in [3.8, 4) is 11.3 Å². The molecule has 0 saturated carbocycles. The molecule has 1 unspecified atom stereocenters. The van der Waals surface area contributed by atoms with Gasteiger partial charge in [-0.2, -0.15) is 0 Å². The third-order valence-corrected chi connectivity index (χ3v) is 4.49. The smallest absolute Gasteiger partial charge is 0.123 e. The van der Waals surface area contributed by atoms with Gasteiger partial charge >= 0.3 is 0 Å². The van der Waals surface area contributed by atoms with E-state index in [0.717, 1.165) is 24.1 Å². The van der Waals surface area contributed by atoms with Crippen LogP contribution in [0.15, 0.2) is 48.4 Å². The maximum absolute atomic E-state index is 5.67. The van der Waals surface area contributed by atoms with Crippen LogP contribution in [0.25, 0.3) is 11.3 Å². The van der Waals surface area contributed by atoms with Crippen LogP contribution in [0.3, 0.4) is 0 Å². The highest BCUT2D eigenvalue weighted by molar-refractivity contribution is 7.10. The van der Waals surface area contributed by atoms with Gasteiger partial charge in [0, 0.05) is 16.6 Å². The molecule has 3 aromatic rings. The molecule has 5 heteroatoms. The summed E-state index contributed by atoms with van der Waals surface area (Å²) in [4.78, 5) is 9.89. The van der Waals surface area contributed by atoms with Gasteiger partial charge in [0.15, 0.2) is 0 Å². The number of nitrogens with two attached hydrogens (primary N) is 1. The standard InChI is InChI=1S/C16H18N4S/c1-2-4-13(15-5-3-8-21-15)20-11-18-10-14(20)12-6-7-16(17)19-9-12/h3,5-11,13H,2,4H2,1H3,(H2,17,19). The lowest BCUT2D eigenvalue weighted by molar-refractivity contribution is 0.545. The summed E-state index contributed by atoms with van der Waals surface area (Å²) in [6, 6.07) is 8.44. The Kier molecular flexibility index (Phi) is 4.01. The predicted octanol–water partition coefficient (Wildman–Crippen LogP) is 3.98. The van der Waals surface area contributed by atoms with Gasteiger partial charge in [-0.3, -0.25) is 0 Å². The highest BCUT2D eigenvalue weighted by Gasteiger charge is 2.17. The molecule has 2 N–H and O–H groups in total. The molecule has 0 aromatic carbocycles. The van der Waals surface area contributed by atoms with Crippen molar-refractivity contribution in [2.24, 2.45) is 0 Å². The average Bonchev–Trinajstić information content (AvgIpc) is 3.17. The predicted molar refractivity (Wildman–Crippen MR) is 87.2 cm³/mol. The van der Waals surface area contributed by atoms with E-state index in [4.69, 9.17) is 5.73 Å². The Hall–Kier alpha value is -2.14. The van der Waals surface area contributed by atoms with Crippen molar-refractivity contribution in [2.75, 3.05) is 5.73 Å². The van der Waals surface area contributed by atoms with Crippen molar-refractivity contribution in [1.29, 1.82) is 0 Å². The summed E-state index contributed by atoms with van der Waals surface area (Å²) in [7, 11) is 0. The molecule has 4 nitrogen and oxygen atoms in total. The fourth-order valence-electron chi connectivity index (χ4n) is 2.51. The van der Waals surface area contributed by atoms with Crippen molar-refractivity contribution in [3.63, 3.8) is 0 Å². The second-order valence-electron chi connectivity index (χ2n) is 4.98. The Morgan fingerprint density at radius 1 is 1.29 bits per heavy atom. The van der Waals surface area contributed by atoms with E-state index in [1.54, 1.807) is 17.5 Å². The van der Waals surface area contributed by atoms with E-state index >= 15 is 0 Å². The largest absolute Gasteiger partial charge is 0.384 e. The first-order chi connectivity index (χ1) is 10.3. The van der Waals surface area contributed by atoms with E-state index in [2.05, 4.69) is 39.0 Å². The number of rotatable bonds is 5. The van der Waals surface area contributed by atoms with Crippen molar-refractivity contribution >= 4 is 17.2 Å². The molecule has 0 radical (unpaired) electrons. The lowest BCUT2D eigenvalue weighted by Crippen LogP contribution is -2.09. The number of anilines is 1. The minimum absolute atomic E-state index is 0.324. The fourth-order valence-corrected chi connectivity index (χ4v) is 3.37. The van der Waals surface area contributed by atoms with Gasteiger partial charge in [0.05, 0.1) is 24.3 Å². The second kappa shape index (κ2) is 6.10. The van der Waals surface area contributed by atoms with Gasteiger partial charge in [0.25, 0.3) is 0 Å². The zero-order valence-corrected chi connectivity index (χ0v) is 12.8. The topological polar surface area (TPSA) is 56.7 Å². The summed E-state index contributed by atoms with van der Waals surface area (Å²) in [5.74, 6) is 0.535. The number of pyridine rings is 1. The normalized spacial score (nSPS) is 12.4. The van der Waals surface area contributed by atoms with E-state index in [9.17, 15) is 0 Å². The second-order valence-corrected chi connectivity index (χ2v) is 5.96. The number of thiophene rings is 1. The Bertz CT molecular complexity index is 685. The van der Waals surface area contributed by atoms with Gasteiger partial charge in [-0.25, -0.2) is 9.97 Å². The number of nitrogen functional groups attached to an aromatic ring is 1. The van der Waals surface area contributed by atoms with Gasteiger partial charge in [-0.15, -0.1) is 11.3 Å². The van der Waals surface area contributed by atoms with Gasteiger partial charge in [0.2, 0.25) is 0 Å². The molecule has 0 saturated heterocycles. The number of hydrogen-bond donors (Lipinski definition) is 1. The van der Waals surface area contributed by atoms with Crippen molar-refractivity contribution < 1.29 is 0 Å². The molecular weight excluding hydrogens is 280 g/mol. The molecule has 0 spiro atoms.